The van der Waals surface area contributed by atoms with Crippen LogP contribution in [0.2, 0.25) is 0 Å². The Morgan fingerprint density at radius 2 is 1.95 bits per heavy atom. The molecule has 0 radical (unpaired) electrons. The molecule has 0 saturated carbocycles. The van der Waals surface area contributed by atoms with Gasteiger partial charge in [0.25, 0.3) is 6.47 Å². The van der Waals surface area contributed by atoms with Crippen molar-refractivity contribution in [2.24, 2.45) is 5.14 Å². The van der Waals surface area contributed by atoms with Crippen molar-refractivity contribution in [1.82, 2.24) is 8.28 Å². The number of methoxy groups -OCH3 is 1. The van der Waals surface area contributed by atoms with Crippen LogP contribution in [0.1, 0.15) is 30.0 Å². The quantitative estimate of drug-likeness (QED) is 0.646. The fourth-order valence-corrected chi connectivity index (χ4v) is 3.86. The van der Waals surface area contributed by atoms with Gasteiger partial charge in [-0.15, -0.1) is 0 Å². The molecular formula is C13H23N3O4S2. The van der Waals surface area contributed by atoms with Gasteiger partial charge in [0.2, 0.25) is 0 Å². The Morgan fingerprint density at radius 1 is 1.41 bits per heavy atom. The van der Waals surface area contributed by atoms with E-state index in [9.17, 15) is 8.42 Å². The van der Waals surface area contributed by atoms with E-state index in [0.717, 1.165) is 37.2 Å². The lowest BCUT2D eigenvalue weighted by molar-refractivity contribution is -0.126. The molecule has 22 heavy (non-hydrogen) atoms. The monoisotopic (exact) mass is 349 g/mol. The van der Waals surface area contributed by atoms with Crippen LogP contribution in [-0.4, -0.2) is 49.6 Å². The lowest BCUT2D eigenvalue weighted by Gasteiger charge is -2.30. The summed E-state index contributed by atoms with van der Waals surface area (Å²) in [6.45, 7) is 4.29. The Labute approximate surface area is 136 Å². The van der Waals surface area contributed by atoms with Crippen molar-refractivity contribution < 1.29 is 17.9 Å². The summed E-state index contributed by atoms with van der Waals surface area (Å²) in [7, 11) is -2.35. The molecule has 1 aromatic heterocycles. The second-order valence-electron chi connectivity index (χ2n) is 4.92. The Morgan fingerprint density at radius 3 is 2.32 bits per heavy atom. The SMILES string of the molecule is COC=O.CSN1CCC(c2ccn(S(N)(=O)=O)c2C)CC1. The first-order chi connectivity index (χ1) is 10.3. The average molecular weight is 349 g/mol. The van der Waals surface area contributed by atoms with Crippen molar-refractivity contribution >= 4 is 28.6 Å². The summed E-state index contributed by atoms with van der Waals surface area (Å²) in [5, 5.41) is 5.17. The van der Waals surface area contributed by atoms with Gasteiger partial charge in [0, 0.05) is 25.0 Å². The summed E-state index contributed by atoms with van der Waals surface area (Å²) in [5.74, 6) is 0.441. The van der Waals surface area contributed by atoms with Gasteiger partial charge in [0.1, 0.15) is 0 Å². The summed E-state index contributed by atoms with van der Waals surface area (Å²) >= 11 is 1.77. The minimum Gasteiger partial charge on any atom is -0.471 e. The number of hydrogen-bond donors (Lipinski definition) is 1. The maximum Gasteiger partial charge on any atom is 0.302 e. The van der Waals surface area contributed by atoms with Gasteiger partial charge in [-0.05, 0) is 43.6 Å². The second-order valence-corrected chi connectivity index (χ2v) is 7.22. The molecule has 0 spiro atoms. The largest absolute Gasteiger partial charge is 0.471 e. The number of aromatic nitrogens is 1. The Hall–Kier alpha value is -1.03. The molecule has 0 unspecified atom stereocenters. The number of carbonyl (C=O) groups excluding carboxylic acids is 1. The van der Waals surface area contributed by atoms with Crippen molar-refractivity contribution in [3.8, 4) is 0 Å². The van der Waals surface area contributed by atoms with Crippen LogP contribution >= 0.6 is 11.9 Å². The van der Waals surface area contributed by atoms with Gasteiger partial charge in [-0.25, -0.2) is 9.11 Å². The lowest BCUT2D eigenvalue weighted by atomic mass is 9.90. The zero-order valence-corrected chi connectivity index (χ0v) is 14.7. The van der Waals surface area contributed by atoms with E-state index in [-0.39, 0.29) is 0 Å². The molecule has 2 rings (SSSR count). The minimum atomic E-state index is -3.66. The maximum atomic E-state index is 11.4. The summed E-state index contributed by atoms with van der Waals surface area (Å²) in [6, 6.07) is 1.89. The van der Waals surface area contributed by atoms with E-state index in [2.05, 4.69) is 15.3 Å². The van der Waals surface area contributed by atoms with E-state index in [4.69, 9.17) is 9.93 Å². The molecule has 1 aliphatic heterocycles. The van der Waals surface area contributed by atoms with E-state index in [1.807, 2.05) is 13.0 Å². The van der Waals surface area contributed by atoms with Gasteiger partial charge in [-0.1, -0.05) is 11.9 Å². The zero-order valence-electron chi connectivity index (χ0n) is 13.1. The van der Waals surface area contributed by atoms with Crippen LogP contribution in [-0.2, 0) is 19.7 Å². The van der Waals surface area contributed by atoms with E-state index >= 15 is 0 Å². The molecule has 0 atom stereocenters. The van der Waals surface area contributed by atoms with Gasteiger partial charge in [0.15, 0.2) is 0 Å². The van der Waals surface area contributed by atoms with Crippen molar-refractivity contribution in [3.63, 3.8) is 0 Å². The number of piperidine rings is 1. The summed E-state index contributed by atoms with van der Waals surface area (Å²) in [6.07, 6.45) is 5.77. The van der Waals surface area contributed by atoms with Gasteiger partial charge < -0.3 is 4.74 Å². The molecule has 1 fully saturated rings. The first-order valence-electron chi connectivity index (χ1n) is 6.81. The molecule has 0 amide bonds. The zero-order chi connectivity index (χ0) is 16.8. The fourth-order valence-electron chi connectivity index (χ4n) is 2.56. The maximum absolute atomic E-state index is 11.4. The van der Waals surface area contributed by atoms with Gasteiger partial charge in [-0.3, -0.25) is 9.10 Å². The molecule has 1 aromatic rings. The van der Waals surface area contributed by atoms with Gasteiger partial charge in [-0.2, -0.15) is 8.42 Å². The normalized spacial score (nSPS) is 16.7. The number of ether oxygens (including phenoxy) is 1. The third-order valence-electron chi connectivity index (χ3n) is 3.66. The molecular weight excluding hydrogens is 326 g/mol. The highest BCUT2D eigenvalue weighted by Crippen LogP contribution is 2.32. The summed E-state index contributed by atoms with van der Waals surface area (Å²) in [4.78, 5) is 8.95. The predicted molar refractivity (Wildman–Crippen MR) is 87.8 cm³/mol. The molecule has 2 N–H and O–H groups in total. The number of nitrogens with zero attached hydrogens (tertiary/aromatic N) is 2. The average Bonchev–Trinajstić information content (AvgIpc) is 2.89. The Balaban J connectivity index is 0.000000541. The fraction of sp³-hybridized carbons (Fsp3) is 0.615. The molecule has 9 heteroatoms. The van der Waals surface area contributed by atoms with Crippen molar-refractivity contribution in [2.75, 3.05) is 26.5 Å². The van der Waals surface area contributed by atoms with E-state index in [1.54, 1.807) is 18.1 Å². The highest BCUT2D eigenvalue weighted by Gasteiger charge is 2.24. The summed E-state index contributed by atoms with van der Waals surface area (Å²) in [5.41, 5.74) is 1.87. The molecule has 1 aliphatic rings. The number of nitrogens with two attached hydrogens (primary N) is 1. The number of carbonyl (C=O) groups is 1. The molecule has 0 aromatic carbocycles. The first kappa shape index (κ1) is 19.0. The first-order valence-corrected chi connectivity index (χ1v) is 9.50. The van der Waals surface area contributed by atoms with Crippen LogP contribution in [0.5, 0.6) is 0 Å². The van der Waals surface area contributed by atoms with Crippen LogP contribution in [0.15, 0.2) is 12.3 Å². The lowest BCUT2D eigenvalue weighted by Crippen LogP contribution is -2.27. The molecule has 0 bridgehead atoms. The molecule has 0 aliphatic carbocycles. The van der Waals surface area contributed by atoms with Crippen LogP contribution in [0.25, 0.3) is 0 Å². The van der Waals surface area contributed by atoms with Crippen LogP contribution in [0.3, 0.4) is 0 Å². The highest BCUT2D eigenvalue weighted by atomic mass is 32.2. The topological polar surface area (TPSA) is 94.6 Å². The van der Waals surface area contributed by atoms with Crippen molar-refractivity contribution in [3.05, 3.63) is 23.5 Å². The molecule has 2 heterocycles. The third-order valence-corrected chi connectivity index (χ3v) is 5.49. The molecule has 7 nitrogen and oxygen atoms in total. The Bertz CT molecular complexity index is 578. The van der Waals surface area contributed by atoms with Crippen LogP contribution in [0.4, 0.5) is 0 Å². The van der Waals surface area contributed by atoms with Gasteiger partial charge >= 0.3 is 10.2 Å². The van der Waals surface area contributed by atoms with Crippen LogP contribution < -0.4 is 5.14 Å². The highest BCUT2D eigenvalue weighted by molar-refractivity contribution is 7.96. The van der Waals surface area contributed by atoms with Gasteiger partial charge in [0.05, 0.1) is 7.11 Å². The number of hydrogen-bond acceptors (Lipinski definition) is 6. The van der Waals surface area contributed by atoms with E-state index < -0.39 is 10.2 Å². The smallest absolute Gasteiger partial charge is 0.302 e. The van der Waals surface area contributed by atoms with E-state index in [0.29, 0.717) is 12.4 Å². The van der Waals surface area contributed by atoms with E-state index in [1.165, 1.54) is 11.1 Å². The third kappa shape index (κ3) is 5.01. The second kappa shape index (κ2) is 8.56. The minimum absolute atomic E-state index is 0.375. The predicted octanol–water partition coefficient (Wildman–Crippen LogP) is 1.09. The van der Waals surface area contributed by atoms with Crippen molar-refractivity contribution in [1.29, 1.82) is 0 Å². The van der Waals surface area contributed by atoms with Crippen molar-refractivity contribution in [2.45, 2.75) is 25.7 Å². The number of rotatable bonds is 4. The standard InChI is InChI=1S/C11H19N3O2S2.C2H4O2/c1-9-11(5-8-14(9)18(12,15)16)10-3-6-13(17-2)7-4-10;1-4-2-3/h5,8,10H,3-4,6-7H2,1-2H3,(H2,12,15,16);2H,1H3. The molecule has 1 saturated heterocycles. The Kier molecular flexibility index (Phi) is 7.40. The summed E-state index contributed by atoms with van der Waals surface area (Å²) < 4.78 is 30.1. The van der Waals surface area contributed by atoms with Crippen LogP contribution in [0, 0.1) is 6.92 Å². The molecule has 126 valence electrons.